The molecule has 1 atom stereocenters. The van der Waals surface area contributed by atoms with Gasteiger partial charge in [0.2, 0.25) is 5.91 Å². The van der Waals surface area contributed by atoms with Crippen molar-refractivity contribution in [3.63, 3.8) is 0 Å². The predicted molar refractivity (Wildman–Crippen MR) is 92.2 cm³/mol. The highest BCUT2D eigenvalue weighted by Gasteiger charge is 2.30. The lowest BCUT2D eigenvalue weighted by atomic mass is 10.1. The van der Waals surface area contributed by atoms with Crippen molar-refractivity contribution in [2.24, 2.45) is 11.0 Å². The molecule has 0 saturated heterocycles. The topological polar surface area (TPSA) is 67.8 Å². The van der Waals surface area contributed by atoms with Crippen molar-refractivity contribution >= 4 is 29.4 Å². The normalized spacial score (nSPS) is 18.8. The quantitative estimate of drug-likeness (QED) is 0.615. The molecule has 0 heterocycles. The Morgan fingerprint density at radius 3 is 2.87 bits per heavy atom. The molecule has 1 fully saturated rings. The van der Waals surface area contributed by atoms with Gasteiger partial charge in [0.1, 0.15) is 0 Å². The first-order valence-corrected chi connectivity index (χ1v) is 8.99. The van der Waals surface area contributed by atoms with Crippen LogP contribution >= 0.6 is 11.8 Å². The minimum Gasteiger partial charge on any atom is -0.465 e. The summed E-state index contributed by atoms with van der Waals surface area (Å²) in [7, 11) is 0. The first kappa shape index (κ1) is 17.5. The van der Waals surface area contributed by atoms with Crippen LogP contribution in [0.3, 0.4) is 0 Å². The van der Waals surface area contributed by atoms with E-state index in [-0.39, 0.29) is 17.8 Å². The van der Waals surface area contributed by atoms with E-state index in [1.54, 1.807) is 6.92 Å². The van der Waals surface area contributed by atoms with Crippen LogP contribution in [0.4, 0.5) is 0 Å². The number of carbonyl (C=O) groups is 2. The molecule has 0 unspecified atom stereocenters. The molecule has 2 rings (SSSR count). The zero-order valence-electron chi connectivity index (χ0n) is 13.3. The Balaban J connectivity index is 1.75. The Bertz CT molecular complexity index is 560. The summed E-state index contributed by atoms with van der Waals surface area (Å²) in [6, 6.07) is 10.0. The van der Waals surface area contributed by atoms with Gasteiger partial charge in [-0.2, -0.15) is 5.10 Å². The van der Waals surface area contributed by atoms with E-state index < -0.39 is 0 Å². The van der Waals surface area contributed by atoms with E-state index in [4.69, 9.17) is 4.74 Å². The molecule has 0 bridgehead atoms. The maximum Gasteiger partial charge on any atom is 0.314 e. The molecule has 0 radical (unpaired) electrons. The number of ether oxygens (including phenoxy) is 1. The summed E-state index contributed by atoms with van der Waals surface area (Å²) in [5.74, 6) is 0.447. The van der Waals surface area contributed by atoms with Gasteiger partial charge in [-0.25, -0.2) is 5.43 Å². The van der Waals surface area contributed by atoms with E-state index in [1.165, 1.54) is 17.3 Å². The molecule has 124 valence electrons. The minimum absolute atomic E-state index is 0.145. The summed E-state index contributed by atoms with van der Waals surface area (Å²) in [5.41, 5.74) is 4.47. The van der Waals surface area contributed by atoms with Crippen LogP contribution in [-0.2, 0) is 20.1 Å². The standard InChI is InChI=1S/C17H22N2O3S/c1-2-22-17(21)14-9-6-10-15(14)18-19-16(20)12-23-11-13-7-4-3-5-8-13/h3-5,7-8,14H,2,6,9-12H2,1H3,(H,19,20)/b18-15-/t14-/m1/s1. The number of hydrogen-bond acceptors (Lipinski definition) is 5. The van der Waals surface area contributed by atoms with E-state index in [2.05, 4.69) is 10.5 Å². The van der Waals surface area contributed by atoms with Crippen molar-refractivity contribution in [2.45, 2.75) is 31.9 Å². The number of rotatable bonds is 7. The van der Waals surface area contributed by atoms with Gasteiger partial charge in [-0.15, -0.1) is 11.8 Å². The molecule has 1 saturated carbocycles. The lowest BCUT2D eigenvalue weighted by Gasteiger charge is -2.10. The zero-order valence-corrected chi connectivity index (χ0v) is 14.1. The van der Waals surface area contributed by atoms with Gasteiger partial charge in [0.15, 0.2) is 0 Å². The van der Waals surface area contributed by atoms with Crippen LogP contribution in [0.1, 0.15) is 31.7 Å². The Kier molecular flexibility index (Phi) is 7.13. The number of benzene rings is 1. The van der Waals surface area contributed by atoms with Crippen molar-refractivity contribution < 1.29 is 14.3 Å². The SMILES string of the molecule is CCOC(=O)[C@@H]1CCC/C1=N/NC(=O)CSCc1ccccc1. The van der Waals surface area contributed by atoms with Crippen molar-refractivity contribution in [1.29, 1.82) is 0 Å². The van der Waals surface area contributed by atoms with E-state index in [0.29, 0.717) is 12.4 Å². The fourth-order valence-electron chi connectivity index (χ4n) is 2.46. The van der Waals surface area contributed by atoms with Gasteiger partial charge in [-0.3, -0.25) is 9.59 Å². The van der Waals surface area contributed by atoms with Crippen molar-refractivity contribution in [3.05, 3.63) is 35.9 Å². The second kappa shape index (κ2) is 9.35. The van der Waals surface area contributed by atoms with Gasteiger partial charge in [0, 0.05) is 5.75 Å². The van der Waals surface area contributed by atoms with Crippen molar-refractivity contribution in [1.82, 2.24) is 5.43 Å². The molecular formula is C17H22N2O3S. The van der Waals surface area contributed by atoms with Crippen LogP contribution in [0.2, 0.25) is 0 Å². The molecule has 23 heavy (non-hydrogen) atoms. The van der Waals surface area contributed by atoms with E-state index in [0.717, 1.165) is 30.7 Å². The van der Waals surface area contributed by atoms with Crippen LogP contribution in [-0.4, -0.2) is 29.9 Å². The fraction of sp³-hybridized carbons (Fsp3) is 0.471. The maximum absolute atomic E-state index is 11.8. The second-order valence-corrected chi connectivity index (χ2v) is 6.30. The van der Waals surface area contributed by atoms with E-state index >= 15 is 0 Å². The van der Waals surface area contributed by atoms with Crippen LogP contribution in [0.15, 0.2) is 35.4 Å². The summed E-state index contributed by atoms with van der Waals surface area (Å²) in [5, 5.41) is 4.14. The Labute approximate surface area is 140 Å². The van der Waals surface area contributed by atoms with Crippen LogP contribution < -0.4 is 5.43 Å². The van der Waals surface area contributed by atoms with Crippen LogP contribution in [0.5, 0.6) is 0 Å². The zero-order chi connectivity index (χ0) is 16.5. The number of thioether (sulfide) groups is 1. The molecule has 0 aromatic heterocycles. The lowest BCUT2D eigenvalue weighted by Crippen LogP contribution is -2.26. The highest BCUT2D eigenvalue weighted by Crippen LogP contribution is 2.23. The van der Waals surface area contributed by atoms with Gasteiger partial charge in [0.05, 0.1) is 24.0 Å². The molecule has 1 aromatic carbocycles. The molecule has 0 aliphatic heterocycles. The third-order valence-electron chi connectivity index (χ3n) is 3.57. The summed E-state index contributed by atoms with van der Waals surface area (Å²) < 4.78 is 5.04. The second-order valence-electron chi connectivity index (χ2n) is 5.31. The predicted octanol–water partition coefficient (Wildman–Crippen LogP) is 2.76. The van der Waals surface area contributed by atoms with Gasteiger partial charge in [0.25, 0.3) is 0 Å². The molecule has 1 aliphatic carbocycles. The average Bonchev–Trinajstić information content (AvgIpc) is 3.03. The summed E-state index contributed by atoms with van der Waals surface area (Å²) in [6.45, 7) is 2.15. The third kappa shape index (κ3) is 5.71. The van der Waals surface area contributed by atoms with Gasteiger partial charge in [-0.1, -0.05) is 30.3 Å². The Morgan fingerprint density at radius 1 is 1.35 bits per heavy atom. The minimum atomic E-state index is -0.299. The van der Waals surface area contributed by atoms with Crippen molar-refractivity contribution in [2.75, 3.05) is 12.4 Å². The Morgan fingerprint density at radius 2 is 2.13 bits per heavy atom. The van der Waals surface area contributed by atoms with Crippen LogP contribution in [0, 0.1) is 5.92 Å². The highest BCUT2D eigenvalue weighted by atomic mass is 32.2. The van der Waals surface area contributed by atoms with Crippen LogP contribution in [0.25, 0.3) is 0 Å². The summed E-state index contributed by atoms with van der Waals surface area (Å²) in [6.07, 6.45) is 2.39. The molecule has 1 N–H and O–H groups in total. The average molecular weight is 334 g/mol. The first-order valence-electron chi connectivity index (χ1n) is 7.84. The van der Waals surface area contributed by atoms with E-state index in [9.17, 15) is 9.59 Å². The number of nitrogens with one attached hydrogen (secondary N) is 1. The molecule has 1 aliphatic rings. The molecular weight excluding hydrogens is 312 g/mol. The first-order chi connectivity index (χ1) is 11.2. The summed E-state index contributed by atoms with van der Waals surface area (Å²) in [4.78, 5) is 23.6. The van der Waals surface area contributed by atoms with Crippen molar-refractivity contribution in [3.8, 4) is 0 Å². The number of carbonyl (C=O) groups excluding carboxylic acids is 2. The highest BCUT2D eigenvalue weighted by molar-refractivity contribution is 7.99. The summed E-state index contributed by atoms with van der Waals surface area (Å²) >= 11 is 1.54. The number of nitrogens with zero attached hydrogens (tertiary/aromatic N) is 1. The van der Waals surface area contributed by atoms with Gasteiger partial charge >= 0.3 is 5.97 Å². The molecule has 0 spiro atoms. The van der Waals surface area contributed by atoms with E-state index in [1.807, 2.05) is 30.3 Å². The Hall–Kier alpha value is -1.82. The fourth-order valence-corrected chi connectivity index (χ4v) is 3.24. The number of amides is 1. The number of hydrazone groups is 1. The smallest absolute Gasteiger partial charge is 0.314 e. The lowest BCUT2D eigenvalue weighted by molar-refractivity contribution is -0.145. The number of hydrogen-bond donors (Lipinski definition) is 1. The van der Waals surface area contributed by atoms with Gasteiger partial charge in [-0.05, 0) is 31.7 Å². The largest absolute Gasteiger partial charge is 0.465 e. The monoisotopic (exact) mass is 334 g/mol. The molecule has 5 nitrogen and oxygen atoms in total. The molecule has 1 amide bonds. The molecule has 6 heteroatoms. The number of esters is 1. The third-order valence-corrected chi connectivity index (χ3v) is 4.57. The molecule has 1 aromatic rings. The van der Waals surface area contributed by atoms with Gasteiger partial charge < -0.3 is 4.74 Å². The maximum atomic E-state index is 11.8.